The van der Waals surface area contributed by atoms with E-state index in [1.807, 2.05) is 20.8 Å². The highest BCUT2D eigenvalue weighted by Crippen LogP contribution is 2.25. The van der Waals surface area contributed by atoms with Gasteiger partial charge in [-0.2, -0.15) is 4.39 Å². The number of aromatic nitrogens is 1. The van der Waals surface area contributed by atoms with E-state index >= 15 is 0 Å². The van der Waals surface area contributed by atoms with Crippen molar-refractivity contribution in [3.05, 3.63) is 28.8 Å². The molecular formula is C11H16FNO. The summed E-state index contributed by atoms with van der Waals surface area (Å²) in [7, 11) is 0. The third-order valence-electron chi connectivity index (χ3n) is 2.11. The van der Waals surface area contributed by atoms with Crippen LogP contribution < -0.4 is 0 Å². The van der Waals surface area contributed by atoms with Crippen molar-refractivity contribution in [3.63, 3.8) is 0 Å². The van der Waals surface area contributed by atoms with Gasteiger partial charge in [0.15, 0.2) is 0 Å². The molecule has 0 aromatic carbocycles. The molecule has 0 aliphatic heterocycles. The third kappa shape index (κ3) is 2.10. The monoisotopic (exact) mass is 197 g/mol. The Morgan fingerprint density at radius 3 is 2.43 bits per heavy atom. The van der Waals surface area contributed by atoms with Gasteiger partial charge in [-0.25, -0.2) is 4.98 Å². The van der Waals surface area contributed by atoms with Crippen molar-refractivity contribution in [3.8, 4) is 0 Å². The summed E-state index contributed by atoms with van der Waals surface area (Å²) >= 11 is 0. The van der Waals surface area contributed by atoms with Crippen LogP contribution in [0.15, 0.2) is 6.07 Å². The van der Waals surface area contributed by atoms with Crippen molar-refractivity contribution in [1.82, 2.24) is 4.98 Å². The van der Waals surface area contributed by atoms with Crippen LogP contribution in [0, 0.1) is 12.9 Å². The maximum atomic E-state index is 13.2. The van der Waals surface area contributed by atoms with Gasteiger partial charge in [0.2, 0.25) is 5.95 Å². The molecule has 0 unspecified atom stereocenters. The molecule has 1 heterocycles. The predicted molar refractivity (Wildman–Crippen MR) is 53.6 cm³/mol. The topological polar surface area (TPSA) is 33.1 Å². The average Bonchev–Trinajstić information content (AvgIpc) is 2.07. The van der Waals surface area contributed by atoms with Gasteiger partial charge in [-0.1, -0.05) is 20.8 Å². The molecular weight excluding hydrogens is 181 g/mol. The molecule has 2 nitrogen and oxygen atoms in total. The number of aryl methyl sites for hydroxylation is 1. The van der Waals surface area contributed by atoms with Gasteiger partial charge in [-0.15, -0.1) is 0 Å². The Morgan fingerprint density at radius 2 is 2.00 bits per heavy atom. The molecule has 0 aliphatic rings. The zero-order valence-corrected chi connectivity index (χ0v) is 9.06. The van der Waals surface area contributed by atoms with E-state index in [2.05, 4.69) is 4.98 Å². The second-order valence-electron chi connectivity index (χ2n) is 4.51. The van der Waals surface area contributed by atoms with Gasteiger partial charge in [-0.05, 0) is 18.6 Å². The lowest BCUT2D eigenvalue weighted by Gasteiger charge is -2.21. The van der Waals surface area contributed by atoms with Crippen molar-refractivity contribution >= 4 is 0 Å². The van der Waals surface area contributed by atoms with Gasteiger partial charge in [0, 0.05) is 11.0 Å². The molecule has 0 radical (unpaired) electrons. The van der Waals surface area contributed by atoms with Crippen LogP contribution in [-0.2, 0) is 12.0 Å². The minimum absolute atomic E-state index is 0.0965. The van der Waals surface area contributed by atoms with Crippen molar-refractivity contribution in [2.45, 2.75) is 39.7 Å². The van der Waals surface area contributed by atoms with E-state index in [1.54, 1.807) is 13.0 Å². The molecule has 1 aromatic heterocycles. The van der Waals surface area contributed by atoms with Crippen LogP contribution in [-0.4, -0.2) is 10.1 Å². The van der Waals surface area contributed by atoms with E-state index in [0.717, 1.165) is 0 Å². The van der Waals surface area contributed by atoms with Crippen molar-refractivity contribution in [2.24, 2.45) is 0 Å². The van der Waals surface area contributed by atoms with Gasteiger partial charge >= 0.3 is 0 Å². The second kappa shape index (κ2) is 3.65. The van der Waals surface area contributed by atoms with Crippen LogP contribution in [0.2, 0.25) is 0 Å². The summed E-state index contributed by atoms with van der Waals surface area (Å²) in [6, 6.07) is 1.66. The fraction of sp³-hybridized carbons (Fsp3) is 0.545. The lowest BCUT2D eigenvalue weighted by Crippen LogP contribution is -2.18. The first-order chi connectivity index (χ1) is 6.36. The standard InChI is InChI=1S/C11H16FNO/c1-7-5-8(6-14)9(11(2,3)4)13-10(7)12/h5,14H,6H2,1-4H3. The zero-order valence-electron chi connectivity index (χ0n) is 9.06. The summed E-state index contributed by atoms with van der Waals surface area (Å²) in [4.78, 5) is 3.89. The molecule has 0 saturated carbocycles. The van der Waals surface area contributed by atoms with Crippen LogP contribution in [0.25, 0.3) is 0 Å². The van der Waals surface area contributed by atoms with Gasteiger partial charge in [0.25, 0.3) is 0 Å². The first kappa shape index (κ1) is 11.1. The summed E-state index contributed by atoms with van der Waals surface area (Å²) in [5.41, 5.74) is 1.56. The number of pyridine rings is 1. The molecule has 1 N–H and O–H groups in total. The lowest BCUT2D eigenvalue weighted by atomic mass is 9.88. The Balaban J connectivity index is 3.35. The second-order valence-corrected chi connectivity index (χ2v) is 4.51. The highest BCUT2D eigenvalue weighted by atomic mass is 19.1. The zero-order chi connectivity index (χ0) is 10.9. The van der Waals surface area contributed by atoms with E-state index in [1.165, 1.54) is 0 Å². The van der Waals surface area contributed by atoms with Crippen LogP contribution in [0.5, 0.6) is 0 Å². The molecule has 0 saturated heterocycles. The van der Waals surface area contributed by atoms with Gasteiger partial charge < -0.3 is 5.11 Å². The Kier molecular flexibility index (Phi) is 2.90. The van der Waals surface area contributed by atoms with Crippen LogP contribution in [0.3, 0.4) is 0 Å². The quantitative estimate of drug-likeness (QED) is 0.701. The molecule has 1 rings (SSSR count). The molecule has 0 spiro atoms. The highest BCUT2D eigenvalue weighted by Gasteiger charge is 2.21. The van der Waals surface area contributed by atoms with Crippen LogP contribution in [0.1, 0.15) is 37.6 Å². The van der Waals surface area contributed by atoms with Gasteiger partial charge in [-0.3, -0.25) is 0 Å². The molecule has 1 aromatic rings. The molecule has 0 amide bonds. The molecule has 0 atom stereocenters. The number of hydrogen-bond donors (Lipinski definition) is 1. The SMILES string of the molecule is Cc1cc(CO)c(C(C)(C)C)nc1F. The Bertz CT molecular complexity index is 342. The first-order valence-electron chi connectivity index (χ1n) is 4.63. The van der Waals surface area contributed by atoms with E-state index < -0.39 is 5.95 Å². The number of aliphatic hydroxyl groups is 1. The summed E-state index contributed by atoms with van der Waals surface area (Å²) in [6.45, 7) is 7.39. The summed E-state index contributed by atoms with van der Waals surface area (Å²) in [6.07, 6.45) is 0. The maximum Gasteiger partial charge on any atom is 0.216 e. The number of nitrogens with zero attached hydrogens (tertiary/aromatic N) is 1. The smallest absolute Gasteiger partial charge is 0.216 e. The predicted octanol–water partition coefficient (Wildman–Crippen LogP) is 2.32. The average molecular weight is 197 g/mol. The fourth-order valence-electron chi connectivity index (χ4n) is 1.42. The minimum Gasteiger partial charge on any atom is -0.392 e. The molecule has 0 fully saturated rings. The normalized spacial score (nSPS) is 11.9. The van der Waals surface area contributed by atoms with Crippen LogP contribution in [0.4, 0.5) is 4.39 Å². The van der Waals surface area contributed by atoms with Gasteiger partial charge in [0.05, 0.1) is 12.3 Å². The summed E-state index contributed by atoms with van der Waals surface area (Å²) in [5.74, 6) is -0.452. The Morgan fingerprint density at radius 1 is 1.43 bits per heavy atom. The molecule has 0 bridgehead atoms. The Labute approximate surface area is 83.8 Å². The number of aliphatic hydroxyl groups excluding tert-OH is 1. The van der Waals surface area contributed by atoms with E-state index in [4.69, 9.17) is 5.11 Å². The highest BCUT2D eigenvalue weighted by molar-refractivity contribution is 5.29. The molecule has 14 heavy (non-hydrogen) atoms. The van der Waals surface area contributed by atoms with E-state index in [9.17, 15) is 4.39 Å². The number of rotatable bonds is 1. The fourth-order valence-corrected chi connectivity index (χ4v) is 1.42. The first-order valence-corrected chi connectivity index (χ1v) is 4.63. The molecule has 78 valence electrons. The minimum atomic E-state index is -0.452. The van der Waals surface area contributed by atoms with Crippen molar-refractivity contribution < 1.29 is 9.50 Å². The third-order valence-corrected chi connectivity index (χ3v) is 2.11. The van der Waals surface area contributed by atoms with Crippen LogP contribution >= 0.6 is 0 Å². The number of halogens is 1. The Hall–Kier alpha value is -0.960. The largest absolute Gasteiger partial charge is 0.392 e. The van der Waals surface area contributed by atoms with Gasteiger partial charge in [0.1, 0.15) is 0 Å². The summed E-state index contributed by atoms with van der Waals surface area (Å²) in [5, 5.41) is 9.13. The van der Waals surface area contributed by atoms with Crippen molar-refractivity contribution in [1.29, 1.82) is 0 Å². The molecule has 0 aliphatic carbocycles. The van der Waals surface area contributed by atoms with E-state index in [0.29, 0.717) is 16.8 Å². The maximum absolute atomic E-state index is 13.2. The lowest BCUT2D eigenvalue weighted by molar-refractivity contribution is 0.276. The van der Waals surface area contributed by atoms with Crippen molar-refractivity contribution in [2.75, 3.05) is 0 Å². The number of hydrogen-bond acceptors (Lipinski definition) is 2. The van der Waals surface area contributed by atoms with E-state index in [-0.39, 0.29) is 12.0 Å². The summed E-state index contributed by atoms with van der Waals surface area (Å²) < 4.78 is 13.2. The molecule has 3 heteroatoms.